The van der Waals surface area contributed by atoms with Gasteiger partial charge in [0.25, 0.3) is 0 Å². The topological polar surface area (TPSA) is 35.6 Å². The van der Waals surface area contributed by atoms with E-state index < -0.39 is 0 Å². The summed E-state index contributed by atoms with van der Waals surface area (Å²) in [5.74, 6) is -0.0502. The Kier molecular flexibility index (Phi) is 6.54. The Labute approximate surface area is 164 Å². The highest BCUT2D eigenvalue weighted by Gasteiger charge is 2.26. The first-order chi connectivity index (χ1) is 12.5. The fraction of sp³-hybridized carbons (Fsp3) is 0.350. The van der Waals surface area contributed by atoms with Crippen molar-refractivity contribution in [2.75, 3.05) is 31.5 Å². The summed E-state index contributed by atoms with van der Waals surface area (Å²) in [5.41, 5.74) is 1.92. The summed E-state index contributed by atoms with van der Waals surface area (Å²) in [6.45, 7) is 6.54. The van der Waals surface area contributed by atoms with E-state index in [4.69, 9.17) is 23.2 Å². The molecule has 4 nitrogen and oxygen atoms in total. The van der Waals surface area contributed by atoms with E-state index in [0.29, 0.717) is 15.7 Å². The third-order valence-corrected chi connectivity index (χ3v) is 5.32. The lowest BCUT2D eigenvalue weighted by Crippen LogP contribution is -2.52. The standard InChI is InChI=1S/C20H23Cl2N3O/c1-15(20(26)23-19-8-7-17(21)13-18(19)22)25-11-9-24(10-12-25)14-16-5-3-2-4-6-16/h2-8,13,15H,9-12,14H2,1H3,(H,23,26)/t15-/m0/s1. The number of anilines is 1. The van der Waals surface area contributed by atoms with Gasteiger partial charge in [-0.15, -0.1) is 0 Å². The molecule has 1 atom stereocenters. The highest BCUT2D eigenvalue weighted by Crippen LogP contribution is 2.25. The van der Waals surface area contributed by atoms with Crippen molar-refractivity contribution in [3.8, 4) is 0 Å². The van der Waals surface area contributed by atoms with Crippen LogP contribution in [-0.2, 0) is 11.3 Å². The minimum atomic E-state index is -0.208. The van der Waals surface area contributed by atoms with E-state index in [2.05, 4.69) is 39.4 Å². The van der Waals surface area contributed by atoms with Crippen LogP contribution in [0.1, 0.15) is 12.5 Å². The van der Waals surface area contributed by atoms with Crippen LogP contribution < -0.4 is 5.32 Å². The van der Waals surface area contributed by atoms with Gasteiger partial charge in [-0.3, -0.25) is 14.6 Å². The smallest absolute Gasteiger partial charge is 0.241 e. The van der Waals surface area contributed by atoms with Crippen molar-refractivity contribution in [2.24, 2.45) is 0 Å². The Balaban J connectivity index is 1.51. The zero-order valence-corrected chi connectivity index (χ0v) is 16.3. The highest BCUT2D eigenvalue weighted by molar-refractivity contribution is 6.36. The van der Waals surface area contributed by atoms with Gasteiger partial charge in [-0.25, -0.2) is 0 Å². The molecule has 26 heavy (non-hydrogen) atoms. The minimum absolute atomic E-state index is 0.0502. The number of amides is 1. The van der Waals surface area contributed by atoms with Crippen LogP contribution in [0.25, 0.3) is 0 Å². The first-order valence-electron chi connectivity index (χ1n) is 8.79. The van der Waals surface area contributed by atoms with Gasteiger partial charge in [-0.2, -0.15) is 0 Å². The van der Waals surface area contributed by atoms with E-state index in [9.17, 15) is 4.79 Å². The lowest BCUT2D eigenvalue weighted by molar-refractivity contribution is -0.121. The van der Waals surface area contributed by atoms with E-state index in [-0.39, 0.29) is 11.9 Å². The molecule has 0 bridgehead atoms. The molecule has 1 fully saturated rings. The van der Waals surface area contributed by atoms with Crippen LogP contribution in [0.5, 0.6) is 0 Å². The molecule has 2 aromatic rings. The molecule has 6 heteroatoms. The van der Waals surface area contributed by atoms with Gasteiger partial charge in [0.1, 0.15) is 0 Å². The maximum Gasteiger partial charge on any atom is 0.241 e. The minimum Gasteiger partial charge on any atom is -0.323 e. The summed E-state index contributed by atoms with van der Waals surface area (Å²) < 4.78 is 0. The van der Waals surface area contributed by atoms with E-state index >= 15 is 0 Å². The number of carbonyl (C=O) groups is 1. The van der Waals surface area contributed by atoms with Gasteiger partial charge in [0.15, 0.2) is 0 Å². The average molecular weight is 392 g/mol. The molecule has 1 saturated heterocycles. The van der Waals surface area contributed by atoms with Gasteiger partial charge in [0.05, 0.1) is 16.8 Å². The second kappa shape index (κ2) is 8.87. The Morgan fingerprint density at radius 2 is 1.77 bits per heavy atom. The molecule has 2 aromatic carbocycles. The summed E-state index contributed by atoms with van der Waals surface area (Å²) in [6, 6.07) is 15.3. The third-order valence-electron chi connectivity index (χ3n) is 4.77. The predicted octanol–water partition coefficient (Wildman–Crippen LogP) is 4.14. The van der Waals surface area contributed by atoms with Crippen LogP contribution in [0.2, 0.25) is 10.0 Å². The summed E-state index contributed by atoms with van der Waals surface area (Å²) in [4.78, 5) is 17.2. The van der Waals surface area contributed by atoms with Gasteiger partial charge >= 0.3 is 0 Å². The number of carbonyl (C=O) groups excluding carboxylic acids is 1. The fourth-order valence-electron chi connectivity index (χ4n) is 3.14. The molecule has 1 aliphatic heterocycles. The summed E-state index contributed by atoms with van der Waals surface area (Å²) in [7, 11) is 0. The van der Waals surface area contributed by atoms with Gasteiger partial charge in [0.2, 0.25) is 5.91 Å². The molecule has 0 unspecified atom stereocenters. The number of hydrogen-bond donors (Lipinski definition) is 1. The molecular formula is C20H23Cl2N3O. The number of piperazine rings is 1. The van der Waals surface area contributed by atoms with Crippen molar-refractivity contribution in [3.63, 3.8) is 0 Å². The maximum absolute atomic E-state index is 12.6. The number of rotatable bonds is 5. The lowest BCUT2D eigenvalue weighted by Gasteiger charge is -2.37. The average Bonchev–Trinajstić information content (AvgIpc) is 2.65. The molecular weight excluding hydrogens is 369 g/mol. The summed E-state index contributed by atoms with van der Waals surface area (Å²) >= 11 is 12.0. The molecule has 1 N–H and O–H groups in total. The zero-order chi connectivity index (χ0) is 18.5. The zero-order valence-electron chi connectivity index (χ0n) is 14.8. The van der Waals surface area contributed by atoms with E-state index in [1.54, 1.807) is 18.2 Å². The molecule has 3 rings (SSSR count). The molecule has 0 spiro atoms. The maximum atomic E-state index is 12.6. The van der Waals surface area contributed by atoms with Crippen molar-refractivity contribution >= 4 is 34.8 Å². The predicted molar refractivity (Wildman–Crippen MR) is 108 cm³/mol. The number of benzene rings is 2. The van der Waals surface area contributed by atoms with Gasteiger partial charge in [-0.05, 0) is 30.7 Å². The van der Waals surface area contributed by atoms with Crippen molar-refractivity contribution in [2.45, 2.75) is 19.5 Å². The highest BCUT2D eigenvalue weighted by atomic mass is 35.5. The largest absolute Gasteiger partial charge is 0.323 e. The van der Waals surface area contributed by atoms with E-state index in [1.165, 1.54) is 5.56 Å². The van der Waals surface area contributed by atoms with Crippen molar-refractivity contribution in [1.29, 1.82) is 0 Å². The number of nitrogens with zero attached hydrogens (tertiary/aromatic N) is 2. The Morgan fingerprint density at radius 1 is 1.08 bits per heavy atom. The normalized spacial score (nSPS) is 17.0. The Hall–Kier alpha value is -1.59. The van der Waals surface area contributed by atoms with Gasteiger partial charge in [-0.1, -0.05) is 53.5 Å². The van der Waals surface area contributed by atoms with E-state index in [0.717, 1.165) is 32.7 Å². The first kappa shape index (κ1) is 19.2. The van der Waals surface area contributed by atoms with Crippen molar-refractivity contribution in [1.82, 2.24) is 9.80 Å². The Bertz CT molecular complexity index is 746. The Morgan fingerprint density at radius 3 is 2.42 bits per heavy atom. The molecule has 138 valence electrons. The molecule has 1 heterocycles. The molecule has 0 aliphatic carbocycles. The molecule has 1 aliphatic rings. The molecule has 0 radical (unpaired) electrons. The molecule has 0 saturated carbocycles. The third kappa shape index (κ3) is 4.98. The molecule has 0 aromatic heterocycles. The number of nitrogens with one attached hydrogen (secondary N) is 1. The summed E-state index contributed by atoms with van der Waals surface area (Å²) in [5, 5.41) is 3.90. The molecule has 1 amide bonds. The van der Waals surface area contributed by atoms with Crippen LogP contribution in [0.3, 0.4) is 0 Å². The number of halogens is 2. The second-order valence-corrected chi connectivity index (χ2v) is 7.43. The first-order valence-corrected chi connectivity index (χ1v) is 9.55. The monoisotopic (exact) mass is 391 g/mol. The lowest BCUT2D eigenvalue weighted by atomic mass is 10.1. The van der Waals surface area contributed by atoms with E-state index in [1.807, 2.05) is 13.0 Å². The SMILES string of the molecule is C[C@@H](C(=O)Nc1ccc(Cl)cc1Cl)N1CCN(Cc2ccccc2)CC1. The van der Waals surface area contributed by atoms with Crippen LogP contribution in [0, 0.1) is 0 Å². The van der Waals surface area contributed by atoms with Crippen molar-refractivity contribution in [3.05, 3.63) is 64.1 Å². The van der Waals surface area contributed by atoms with Crippen LogP contribution in [-0.4, -0.2) is 47.9 Å². The van der Waals surface area contributed by atoms with Gasteiger partial charge in [0, 0.05) is 37.7 Å². The van der Waals surface area contributed by atoms with Crippen LogP contribution in [0.15, 0.2) is 48.5 Å². The number of hydrogen-bond acceptors (Lipinski definition) is 3. The van der Waals surface area contributed by atoms with Crippen LogP contribution in [0.4, 0.5) is 5.69 Å². The van der Waals surface area contributed by atoms with Crippen molar-refractivity contribution < 1.29 is 4.79 Å². The summed E-state index contributed by atoms with van der Waals surface area (Å²) in [6.07, 6.45) is 0. The van der Waals surface area contributed by atoms with Crippen LogP contribution >= 0.6 is 23.2 Å². The van der Waals surface area contributed by atoms with Gasteiger partial charge < -0.3 is 5.32 Å². The second-order valence-electron chi connectivity index (χ2n) is 6.59. The fourth-order valence-corrected chi connectivity index (χ4v) is 3.60. The quantitative estimate of drug-likeness (QED) is 0.831.